The van der Waals surface area contributed by atoms with E-state index in [9.17, 15) is 4.79 Å². The molecule has 96 valence electrons. The van der Waals surface area contributed by atoms with Gasteiger partial charge in [0.2, 0.25) is 0 Å². The van der Waals surface area contributed by atoms with Crippen molar-refractivity contribution in [2.75, 3.05) is 0 Å². The van der Waals surface area contributed by atoms with Crippen molar-refractivity contribution in [1.82, 2.24) is 15.1 Å². The van der Waals surface area contributed by atoms with Crippen molar-refractivity contribution >= 4 is 5.91 Å². The van der Waals surface area contributed by atoms with Crippen molar-refractivity contribution in [3.05, 3.63) is 17.5 Å². The van der Waals surface area contributed by atoms with E-state index >= 15 is 0 Å². The smallest absolute Gasteiger partial charge is 0.255 e. The maximum Gasteiger partial charge on any atom is 0.255 e. The summed E-state index contributed by atoms with van der Waals surface area (Å²) >= 11 is 0. The number of aryl methyl sites for hydroxylation is 1. The standard InChI is InChI=1S/C13H18N4O/c1-2-10(6-7-14)16-13(18)11-9-15-17-8-4-3-5-12(11)17/h9-10H,2-6,8H2,1H3,(H,16,18)/t10-/m0/s1. The van der Waals surface area contributed by atoms with Gasteiger partial charge in [0.15, 0.2) is 0 Å². The summed E-state index contributed by atoms with van der Waals surface area (Å²) in [6.45, 7) is 2.87. The molecule has 0 radical (unpaired) electrons. The van der Waals surface area contributed by atoms with Gasteiger partial charge >= 0.3 is 0 Å². The summed E-state index contributed by atoms with van der Waals surface area (Å²) in [5.41, 5.74) is 1.71. The number of carbonyl (C=O) groups is 1. The lowest BCUT2D eigenvalue weighted by atomic mass is 10.1. The second-order valence-electron chi connectivity index (χ2n) is 4.63. The van der Waals surface area contributed by atoms with Crippen molar-refractivity contribution in [2.24, 2.45) is 0 Å². The molecule has 2 rings (SSSR count). The first-order valence-electron chi connectivity index (χ1n) is 6.48. The van der Waals surface area contributed by atoms with Crippen LogP contribution >= 0.6 is 0 Å². The van der Waals surface area contributed by atoms with Crippen LogP contribution in [0.2, 0.25) is 0 Å². The molecule has 1 N–H and O–H groups in total. The molecule has 0 unspecified atom stereocenters. The highest BCUT2D eigenvalue weighted by Crippen LogP contribution is 2.18. The van der Waals surface area contributed by atoms with Crippen LogP contribution in [0.1, 0.15) is 48.7 Å². The predicted molar refractivity (Wildman–Crippen MR) is 66.9 cm³/mol. The normalized spacial score (nSPS) is 15.6. The third-order valence-electron chi connectivity index (χ3n) is 3.39. The lowest BCUT2D eigenvalue weighted by molar-refractivity contribution is 0.0935. The molecule has 0 fully saturated rings. The van der Waals surface area contributed by atoms with E-state index < -0.39 is 0 Å². The number of hydrogen-bond donors (Lipinski definition) is 1. The molecule has 1 aliphatic heterocycles. The molecule has 1 aromatic heterocycles. The van der Waals surface area contributed by atoms with Gasteiger partial charge in [0.25, 0.3) is 5.91 Å². The monoisotopic (exact) mass is 246 g/mol. The van der Waals surface area contributed by atoms with Crippen molar-refractivity contribution < 1.29 is 4.79 Å². The lowest BCUT2D eigenvalue weighted by Gasteiger charge is -2.16. The van der Waals surface area contributed by atoms with Crippen molar-refractivity contribution in [3.63, 3.8) is 0 Å². The zero-order chi connectivity index (χ0) is 13.0. The summed E-state index contributed by atoms with van der Waals surface area (Å²) in [5, 5.41) is 15.8. The predicted octanol–water partition coefficient (Wildman–Crippen LogP) is 1.64. The average Bonchev–Trinajstić information content (AvgIpc) is 2.82. The second-order valence-corrected chi connectivity index (χ2v) is 4.63. The molecule has 0 aromatic carbocycles. The zero-order valence-electron chi connectivity index (χ0n) is 10.6. The third kappa shape index (κ3) is 2.53. The molecule has 1 aromatic rings. The number of carbonyl (C=O) groups excluding carboxylic acids is 1. The van der Waals surface area contributed by atoms with Crippen LogP contribution in [0.25, 0.3) is 0 Å². The minimum absolute atomic E-state index is 0.0679. The van der Waals surface area contributed by atoms with Crippen LogP contribution in [0, 0.1) is 11.3 Å². The molecule has 1 aliphatic rings. The van der Waals surface area contributed by atoms with Crippen molar-refractivity contribution in [3.8, 4) is 6.07 Å². The van der Waals surface area contributed by atoms with Crippen LogP contribution in [0.15, 0.2) is 6.20 Å². The van der Waals surface area contributed by atoms with Gasteiger partial charge in [-0.05, 0) is 25.7 Å². The Morgan fingerprint density at radius 2 is 2.50 bits per heavy atom. The Hall–Kier alpha value is -1.83. The molecule has 1 amide bonds. The van der Waals surface area contributed by atoms with Crippen molar-refractivity contribution in [2.45, 2.75) is 51.6 Å². The Morgan fingerprint density at radius 1 is 1.67 bits per heavy atom. The molecule has 2 heterocycles. The maximum absolute atomic E-state index is 12.1. The molecule has 1 atom stereocenters. The number of nitriles is 1. The first kappa shape index (κ1) is 12.6. The number of nitrogens with zero attached hydrogens (tertiary/aromatic N) is 3. The number of nitrogens with one attached hydrogen (secondary N) is 1. The van der Waals surface area contributed by atoms with Crippen LogP contribution < -0.4 is 5.32 Å². The number of amides is 1. The first-order chi connectivity index (χ1) is 8.76. The molecule has 5 heteroatoms. The second kappa shape index (κ2) is 5.67. The Bertz CT molecular complexity index is 472. The van der Waals surface area contributed by atoms with Gasteiger partial charge in [0, 0.05) is 12.6 Å². The van der Waals surface area contributed by atoms with Crippen LogP contribution in [0.3, 0.4) is 0 Å². The van der Waals surface area contributed by atoms with E-state index in [4.69, 9.17) is 5.26 Å². The molecule has 0 saturated carbocycles. The highest BCUT2D eigenvalue weighted by atomic mass is 16.1. The molecule has 0 bridgehead atoms. The fourth-order valence-corrected chi connectivity index (χ4v) is 2.28. The van der Waals surface area contributed by atoms with Crippen LogP contribution in [0.4, 0.5) is 0 Å². The Labute approximate surface area is 107 Å². The van der Waals surface area contributed by atoms with Gasteiger partial charge in [0.1, 0.15) is 0 Å². The highest BCUT2D eigenvalue weighted by Gasteiger charge is 2.21. The van der Waals surface area contributed by atoms with Gasteiger partial charge in [-0.3, -0.25) is 9.48 Å². The Morgan fingerprint density at radius 3 is 3.22 bits per heavy atom. The number of fused-ring (bicyclic) bond motifs is 1. The molecule has 18 heavy (non-hydrogen) atoms. The molecule has 5 nitrogen and oxygen atoms in total. The third-order valence-corrected chi connectivity index (χ3v) is 3.39. The van der Waals surface area contributed by atoms with Crippen LogP contribution in [-0.2, 0) is 13.0 Å². The summed E-state index contributed by atoms with van der Waals surface area (Å²) in [7, 11) is 0. The molecular weight excluding hydrogens is 228 g/mol. The number of aromatic nitrogens is 2. The lowest BCUT2D eigenvalue weighted by Crippen LogP contribution is -2.34. The van der Waals surface area contributed by atoms with Crippen molar-refractivity contribution in [1.29, 1.82) is 5.26 Å². The summed E-state index contributed by atoms with van der Waals surface area (Å²) in [5.74, 6) is -0.0970. The Balaban J connectivity index is 2.09. The molecule has 0 saturated heterocycles. The van der Waals surface area contributed by atoms with E-state index in [1.165, 1.54) is 0 Å². The van der Waals surface area contributed by atoms with Gasteiger partial charge in [-0.1, -0.05) is 6.92 Å². The fraction of sp³-hybridized carbons (Fsp3) is 0.615. The van der Waals surface area contributed by atoms with Gasteiger partial charge in [-0.15, -0.1) is 0 Å². The largest absolute Gasteiger partial charge is 0.348 e. The van der Waals surface area contributed by atoms with E-state index in [1.54, 1.807) is 6.20 Å². The van der Waals surface area contributed by atoms with E-state index in [0.29, 0.717) is 12.0 Å². The van der Waals surface area contributed by atoms with Gasteiger partial charge in [-0.2, -0.15) is 10.4 Å². The quantitative estimate of drug-likeness (QED) is 0.878. The average molecular weight is 246 g/mol. The Kier molecular flexibility index (Phi) is 3.98. The number of rotatable bonds is 4. The van der Waals surface area contributed by atoms with E-state index in [2.05, 4.69) is 16.5 Å². The summed E-state index contributed by atoms with van der Waals surface area (Å²) in [6.07, 6.45) is 5.92. The van der Waals surface area contributed by atoms with Gasteiger partial charge in [0.05, 0.1) is 29.9 Å². The van der Waals surface area contributed by atoms with E-state index in [1.807, 2.05) is 11.6 Å². The highest BCUT2D eigenvalue weighted by molar-refractivity contribution is 5.95. The topological polar surface area (TPSA) is 70.7 Å². The van der Waals surface area contributed by atoms with E-state index in [-0.39, 0.29) is 11.9 Å². The molecular formula is C13H18N4O. The fourth-order valence-electron chi connectivity index (χ4n) is 2.28. The van der Waals surface area contributed by atoms with Crippen LogP contribution in [0.5, 0.6) is 0 Å². The van der Waals surface area contributed by atoms with Gasteiger partial charge < -0.3 is 5.32 Å². The number of hydrogen-bond acceptors (Lipinski definition) is 3. The minimum Gasteiger partial charge on any atom is -0.348 e. The summed E-state index contributed by atoms with van der Waals surface area (Å²) in [6, 6.07) is 2.03. The molecule has 0 aliphatic carbocycles. The zero-order valence-corrected chi connectivity index (χ0v) is 10.6. The van der Waals surface area contributed by atoms with Crippen LogP contribution in [-0.4, -0.2) is 21.7 Å². The first-order valence-corrected chi connectivity index (χ1v) is 6.48. The maximum atomic E-state index is 12.1. The van der Waals surface area contributed by atoms with Gasteiger partial charge in [-0.25, -0.2) is 0 Å². The minimum atomic E-state index is -0.0970. The molecule has 0 spiro atoms. The summed E-state index contributed by atoms with van der Waals surface area (Å²) in [4.78, 5) is 12.1. The SMILES string of the molecule is CC[C@@H](CC#N)NC(=O)c1cnn2c1CCCC2. The summed E-state index contributed by atoms with van der Waals surface area (Å²) < 4.78 is 1.92. The van der Waals surface area contributed by atoms with E-state index in [0.717, 1.165) is 37.9 Å².